The lowest BCUT2D eigenvalue weighted by molar-refractivity contribution is -0.116. The molecule has 138 valence electrons. The predicted octanol–water partition coefficient (Wildman–Crippen LogP) is 4.11. The summed E-state index contributed by atoms with van der Waals surface area (Å²) in [5.41, 5.74) is 2.65. The molecule has 2 aromatic carbocycles. The van der Waals surface area contributed by atoms with Crippen LogP contribution in [0.25, 0.3) is 5.69 Å². The topological polar surface area (TPSA) is 76.0 Å². The molecule has 1 aromatic heterocycles. The van der Waals surface area contributed by atoms with Crippen molar-refractivity contribution in [3.8, 4) is 5.69 Å². The van der Waals surface area contributed by atoms with E-state index in [2.05, 4.69) is 15.6 Å². The molecule has 0 bridgehead atoms. The van der Waals surface area contributed by atoms with E-state index in [4.69, 9.17) is 0 Å². The first kappa shape index (κ1) is 18.4. The van der Waals surface area contributed by atoms with Crippen LogP contribution >= 0.6 is 0 Å². The normalized spacial score (nSPS) is 10.6. The summed E-state index contributed by atoms with van der Waals surface area (Å²) in [6, 6.07) is 16.6. The SMILES string of the molecule is CC(C)CC(=O)Nc1ccc(NC(=O)c2cncn2-c2ccccc2)cc1. The Labute approximate surface area is 158 Å². The Kier molecular flexibility index (Phi) is 5.66. The summed E-state index contributed by atoms with van der Waals surface area (Å²) in [6.45, 7) is 4.00. The molecule has 2 N–H and O–H groups in total. The van der Waals surface area contributed by atoms with Crippen LogP contribution in [0.1, 0.15) is 30.8 Å². The molecule has 0 fully saturated rings. The van der Waals surface area contributed by atoms with Gasteiger partial charge in [-0.1, -0.05) is 32.0 Å². The maximum atomic E-state index is 12.6. The second kappa shape index (κ2) is 8.31. The maximum absolute atomic E-state index is 12.6. The quantitative estimate of drug-likeness (QED) is 0.693. The highest BCUT2D eigenvalue weighted by Gasteiger charge is 2.13. The van der Waals surface area contributed by atoms with Crippen molar-refractivity contribution < 1.29 is 9.59 Å². The Morgan fingerprint density at radius 2 is 1.59 bits per heavy atom. The van der Waals surface area contributed by atoms with E-state index >= 15 is 0 Å². The third-order valence-corrected chi connectivity index (χ3v) is 3.93. The van der Waals surface area contributed by atoms with Crippen molar-refractivity contribution in [3.63, 3.8) is 0 Å². The van der Waals surface area contributed by atoms with Crippen LogP contribution in [-0.2, 0) is 4.79 Å². The molecular weight excluding hydrogens is 340 g/mol. The standard InChI is InChI=1S/C21H22N4O2/c1-15(2)12-20(26)23-16-8-10-17(11-9-16)24-21(27)19-13-22-14-25(19)18-6-4-3-5-7-18/h3-11,13-15H,12H2,1-2H3,(H,23,26)(H,24,27). The van der Waals surface area contributed by atoms with E-state index in [1.807, 2.05) is 44.2 Å². The fourth-order valence-corrected chi connectivity index (χ4v) is 2.67. The van der Waals surface area contributed by atoms with E-state index in [1.54, 1.807) is 35.2 Å². The van der Waals surface area contributed by atoms with Gasteiger partial charge >= 0.3 is 0 Å². The van der Waals surface area contributed by atoms with E-state index in [-0.39, 0.29) is 11.8 Å². The smallest absolute Gasteiger partial charge is 0.274 e. The van der Waals surface area contributed by atoms with Crippen molar-refractivity contribution in [2.75, 3.05) is 10.6 Å². The molecule has 6 heteroatoms. The number of aromatic nitrogens is 2. The number of para-hydroxylation sites is 1. The molecule has 1 heterocycles. The van der Waals surface area contributed by atoms with Gasteiger partial charge in [0.05, 0.1) is 12.5 Å². The Balaban J connectivity index is 1.67. The Hall–Kier alpha value is -3.41. The van der Waals surface area contributed by atoms with Crippen LogP contribution in [0.2, 0.25) is 0 Å². The van der Waals surface area contributed by atoms with Crippen molar-refractivity contribution in [2.45, 2.75) is 20.3 Å². The first-order valence-electron chi connectivity index (χ1n) is 8.82. The second-order valence-corrected chi connectivity index (χ2v) is 6.66. The van der Waals surface area contributed by atoms with Gasteiger partial charge in [0, 0.05) is 23.5 Å². The van der Waals surface area contributed by atoms with Crippen LogP contribution in [0.15, 0.2) is 67.1 Å². The van der Waals surface area contributed by atoms with E-state index in [1.165, 1.54) is 6.20 Å². The number of rotatable bonds is 6. The highest BCUT2D eigenvalue weighted by atomic mass is 16.2. The summed E-state index contributed by atoms with van der Waals surface area (Å²) in [5.74, 6) is 0.0273. The molecule has 6 nitrogen and oxygen atoms in total. The summed E-state index contributed by atoms with van der Waals surface area (Å²) < 4.78 is 1.73. The molecule has 0 aliphatic rings. The predicted molar refractivity (Wildman–Crippen MR) is 106 cm³/mol. The number of hydrogen-bond acceptors (Lipinski definition) is 3. The van der Waals surface area contributed by atoms with Gasteiger partial charge in [-0.15, -0.1) is 0 Å². The fraction of sp³-hybridized carbons (Fsp3) is 0.190. The average molecular weight is 362 g/mol. The van der Waals surface area contributed by atoms with Gasteiger partial charge in [-0.25, -0.2) is 4.98 Å². The molecule has 0 saturated heterocycles. The molecule has 0 saturated carbocycles. The molecule has 0 atom stereocenters. The lowest BCUT2D eigenvalue weighted by Crippen LogP contribution is -2.16. The maximum Gasteiger partial charge on any atom is 0.274 e. The number of imidazole rings is 1. The highest BCUT2D eigenvalue weighted by molar-refractivity contribution is 6.03. The minimum atomic E-state index is -0.257. The van der Waals surface area contributed by atoms with E-state index in [0.717, 1.165) is 5.69 Å². The number of nitrogens with zero attached hydrogens (tertiary/aromatic N) is 2. The van der Waals surface area contributed by atoms with Gasteiger partial charge in [-0.2, -0.15) is 0 Å². The minimum Gasteiger partial charge on any atom is -0.326 e. The molecule has 0 spiro atoms. The Morgan fingerprint density at radius 3 is 2.22 bits per heavy atom. The van der Waals surface area contributed by atoms with Crippen LogP contribution in [-0.4, -0.2) is 21.4 Å². The zero-order chi connectivity index (χ0) is 19.2. The number of amides is 2. The summed E-state index contributed by atoms with van der Waals surface area (Å²) in [6.07, 6.45) is 3.61. The van der Waals surface area contributed by atoms with Gasteiger partial charge in [0.25, 0.3) is 5.91 Å². The van der Waals surface area contributed by atoms with Gasteiger partial charge in [0.2, 0.25) is 5.91 Å². The van der Waals surface area contributed by atoms with Gasteiger partial charge in [-0.05, 0) is 42.3 Å². The minimum absolute atomic E-state index is 0.0199. The van der Waals surface area contributed by atoms with Crippen LogP contribution in [0, 0.1) is 5.92 Å². The number of nitrogens with one attached hydrogen (secondary N) is 2. The number of anilines is 2. The fourth-order valence-electron chi connectivity index (χ4n) is 2.67. The van der Waals surface area contributed by atoms with Crippen molar-refractivity contribution >= 4 is 23.2 Å². The van der Waals surface area contributed by atoms with E-state index in [0.29, 0.717) is 29.4 Å². The lowest BCUT2D eigenvalue weighted by atomic mass is 10.1. The molecule has 3 rings (SSSR count). The zero-order valence-electron chi connectivity index (χ0n) is 15.3. The summed E-state index contributed by atoms with van der Waals surface area (Å²) >= 11 is 0. The summed E-state index contributed by atoms with van der Waals surface area (Å²) in [4.78, 5) is 28.5. The molecule has 0 aliphatic heterocycles. The van der Waals surface area contributed by atoms with E-state index < -0.39 is 0 Å². The summed E-state index contributed by atoms with van der Waals surface area (Å²) in [5, 5.41) is 5.70. The first-order valence-corrected chi connectivity index (χ1v) is 8.82. The van der Waals surface area contributed by atoms with Crippen LogP contribution < -0.4 is 10.6 Å². The van der Waals surface area contributed by atoms with Crippen molar-refractivity contribution in [1.82, 2.24) is 9.55 Å². The third kappa shape index (κ3) is 4.82. The molecule has 3 aromatic rings. The molecule has 0 unspecified atom stereocenters. The van der Waals surface area contributed by atoms with Crippen molar-refractivity contribution in [1.29, 1.82) is 0 Å². The van der Waals surface area contributed by atoms with Gasteiger partial charge in [0.15, 0.2) is 0 Å². The second-order valence-electron chi connectivity index (χ2n) is 6.66. The molecule has 0 aliphatic carbocycles. The first-order chi connectivity index (χ1) is 13.0. The number of carbonyl (C=O) groups is 2. The van der Waals surface area contributed by atoms with Gasteiger partial charge in [-0.3, -0.25) is 14.2 Å². The molecule has 0 radical (unpaired) electrons. The van der Waals surface area contributed by atoms with Crippen molar-refractivity contribution in [2.24, 2.45) is 5.92 Å². The van der Waals surface area contributed by atoms with Crippen LogP contribution in [0.3, 0.4) is 0 Å². The molecular formula is C21H22N4O2. The van der Waals surface area contributed by atoms with Crippen LogP contribution in [0.4, 0.5) is 11.4 Å². The number of benzene rings is 2. The van der Waals surface area contributed by atoms with E-state index in [9.17, 15) is 9.59 Å². The van der Waals surface area contributed by atoms with Gasteiger partial charge < -0.3 is 10.6 Å². The highest BCUT2D eigenvalue weighted by Crippen LogP contribution is 2.17. The molecule has 27 heavy (non-hydrogen) atoms. The zero-order valence-corrected chi connectivity index (χ0v) is 15.3. The van der Waals surface area contributed by atoms with Crippen molar-refractivity contribution in [3.05, 3.63) is 72.8 Å². The molecule has 2 amide bonds. The number of carbonyl (C=O) groups excluding carboxylic acids is 2. The third-order valence-electron chi connectivity index (χ3n) is 3.93. The average Bonchev–Trinajstić information content (AvgIpc) is 3.13. The Morgan fingerprint density at radius 1 is 0.963 bits per heavy atom. The summed E-state index contributed by atoms with van der Waals surface area (Å²) in [7, 11) is 0. The number of hydrogen-bond donors (Lipinski definition) is 2. The monoisotopic (exact) mass is 362 g/mol. The van der Waals surface area contributed by atoms with Crippen LogP contribution in [0.5, 0.6) is 0 Å². The lowest BCUT2D eigenvalue weighted by Gasteiger charge is -2.10. The van der Waals surface area contributed by atoms with Gasteiger partial charge in [0.1, 0.15) is 5.69 Å². The Bertz CT molecular complexity index is 915. The largest absolute Gasteiger partial charge is 0.326 e.